The lowest BCUT2D eigenvalue weighted by Crippen LogP contribution is -1.76. The van der Waals surface area contributed by atoms with Crippen molar-refractivity contribution in [1.29, 1.82) is 0 Å². The summed E-state index contributed by atoms with van der Waals surface area (Å²) in [6, 6.07) is 19.7. The number of hydrogen-bond donors (Lipinski definition) is 0. The van der Waals surface area contributed by atoms with Crippen molar-refractivity contribution in [2.45, 2.75) is 13.3 Å². The second-order valence-corrected chi connectivity index (χ2v) is 5.29. The Hall–Kier alpha value is -1.60. The van der Waals surface area contributed by atoms with Crippen molar-refractivity contribution in [3.63, 3.8) is 0 Å². The average molecular weight is 238 g/mol. The average Bonchev–Trinajstić information content (AvgIpc) is 2.82. The van der Waals surface area contributed by atoms with E-state index in [-0.39, 0.29) is 0 Å². The van der Waals surface area contributed by atoms with E-state index in [4.69, 9.17) is 0 Å². The monoisotopic (exact) mass is 238 g/mol. The lowest BCUT2D eigenvalue weighted by atomic mass is 10.1. The third-order valence-electron chi connectivity index (χ3n) is 3.05. The summed E-state index contributed by atoms with van der Waals surface area (Å²) in [5, 5.41) is 1.37. The Morgan fingerprint density at radius 2 is 1.76 bits per heavy atom. The molecule has 0 aliphatic heterocycles. The van der Waals surface area contributed by atoms with Crippen LogP contribution in [0, 0.1) is 0 Å². The van der Waals surface area contributed by atoms with Gasteiger partial charge in [0.1, 0.15) is 0 Å². The van der Waals surface area contributed by atoms with Gasteiger partial charge >= 0.3 is 0 Å². The van der Waals surface area contributed by atoms with Crippen molar-refractivity contribution in [2.24, 2.45) is 0 Å². The molecule has 84 valence electrons. The van der Waals surface area contributed by atoms with Crippen LogP contribution in [0.15, 0.2) is 54.6 Å². The maximum Gasteiger partial charge on any atom is 0.0355 e. The first-order valence-corrected chi connectivity index (χ1v) is 6.76. The van der Waals surface area contributed by atoms with E-state index in [1.165, 1.54) is 26.1 Å². The molecular formula is C16H14S. The molecule has 3 rings (SSSR count). The van der Waals surface area contributed by atoms with Crippen molar-refractivity contribution < 1.29 is 0 Å². The molecule has 0 radical (unpaired) electrons. The van der Waals surface area contributed by atoms with Crippen LogP contribution in [0.4, 0.5) is 0 Å². The number of fused-ring (bicyclic) bond motifs is 1. The predicted molar refractivity (Wildman–Crippen MR) is 76.6 cm³/mol. The third kappa shape index (κ3) is 1.98. The smallest absolute Gasteiger partial charge is 0.0355 e. The highest BCUT2D eigenvalue weighted by Crippen LogP contribution is 2.33. The van der Waals surface area contributed by atoms with Crippen LogP contribution in [-0.2, 0) is 6.42 Å². The van der Waals surface area contributed by atoms with Gasteiger partial charge in [-0.15, -0.1) is 11.3 Å². The van der Waals surface area contributed by atoms with Crippen molar-refractivity contribution in [3.8, 4) is 10.4 Å². The summed E-state index contributed by atoms with van der Waals surface area (Å²) in [6.45, 7) is 2.20. The van der Waals surface area contributed by atoms with Crippen LogP contribution in [-0.4, -0.2) is 0 Å². The molecule has 1 aromatic heterocycles. The molecule has 0 N–H and O–H groups in total. The molecule has 0 nitrogen and oxygen atoms in total. The normalized spacial score (nSPS) is 10.9. The summed E-state index contributed by atoms with van der Waals surface area (Å²) >= 11 is 1.87. The van der Waals surface area contributed by atoms with E-state index in [1.54, 1.807) is 0 Å². The summed E-state index contributed by atoms with van der Waals surface area (Å²) in [6.07, 6.45) is 1.10. The van der Waals surface area contributed by atoms with Crippen LogP contribution >= 0.6 is 11.3 Å². The lowest BCUT2D eigenvalue weighted by Gasteiger charge is -1.94. The highest BCUT2D eigenvalue weighted by molar-refractivity contribution is 7.22. The van der Waals surface area contributed by atoms with E-state index in [0.717, 1.165) is 6.42 Å². The summed E-state index contributed by atoms with van der Waals surface area (Å²) in [7, 11) is 0. The fourth-order valence-electron chi connectivity index (χ4n) is 2.06. The second kappa shape index (κ2) is 4.34. The van der Waals surface area contributed by atoms with Gasteiger partial charge in [0.15, 0.2) is 0 Å². The fraction of sp³-hybridized carbons (Fsp3) is 0.125. The lowest BCUT2D eigenvalue weighted by molar-refractivity contribution is 1.15. The molecule has 1 heteroatoms. The van der Waals surface area contributed by atoms with Crippen LogP contribution < -0.4 is 0 Å². The van der Waals surface area contributed by atoms with Crippen molar-refractivity contribution in [2.75, 3.05) is 0 Å². The van der Waals surface area contributed by atoms with Gasteiger partial charge in [0.2, 0.25) is 0 Å². The molecule has 0 aliphatic rings. The van der Waals surface area contributed by atoms with E-state index in [2.05, 4.69) is 61.5 Å². The summed E-state index contributed by atoms with van der Waals surface area (Å²) in [5.74, 6) is 0. The predicted octanol–water partition coefficient (Wildman–Crippen LogP) is 5.13. The summed E-state index contributed by atoms with van der Waals surface area (Å²) in [5.41, 5.74) is 2.72. The summed E-state index contributed by atoms with van der Waals surface area (Å²) < 4.78 is 1.38. The molecule has 1 heterocycles. The van der Waals surface area contributed by atoms with Crippen molar-refractivity contribution in [1.82, 2.24) is 0 Å². The topological polar surface area (TPSA) is 0 Å². The zero-order valence-corrected chi connectivity index (χ0v) is 10.6. The Kier molecular flexibility index (Phi) is 2.69. The van der Waals surface area contributed by atoms with Crippen LogP contribution in [0.2, 0.25) is 0 Å². The second-order valence-electron chi connectivity index (χ2n) is 4.20. The Morgan fingerprint density at radius 3 is 2.53 bits per heavy atom. The van der Waals surface area contributed by atoms with E-state index < -0.39 is 0 Å². The molecule has 0 saturated carbocycles. The minimum atomic E-state index is 1.10. The number of rotatable bonds is 2. The molecule has 17 heavy (non-hydrogen) atoms. The number of hydrogen-bond acceptors (Lipinski definition) is 1. The number of benzene rings is 2. The van der Waals surface area contributed by atoms with Gasteiger partial charge in [0, 0.05) is 9.58 Å². The third-order valence-corrected chi connectivity index (χ3v) is 4.21. The number of thiophene rings is 1. The molecule has 0 aliphatic carbocycles. The molecule has 0 bridgehead atoms. The first-order chi connectivity index (χ1) is 8.36. The summed E-state index contributed by atoms with van der Waals surface area (Å²) in [4.78, 5) is 1.36. The quantitative estimate of drug-likeness (QED) is 0.580. The van der Waals surface area contributed by atoms with Gasteiger partial charge in [-0.05, 0) is 35.1 Å². The standard InChI is InChI=1S/C16H14S/c1-2-12-8-9-15-14(10-12)11-16(17-15)13-6-4-3-5-7-13/h3-11H,2H2,1H3. The van der Waals surface area contributed by atoms with Crippen LogP contribution in [0.25, 0.3) is 20.5 Å². The first-order valence-electron chi connectivity index (χ1n) is 5.94. The largest absolute Gasteiger partial charge is 0.135 e. The van der Waals surface area contributed by atoms with E-state index in [1.807, 2.05) is 11.3 Å². The Bertz CT molecular complexity index is 635. The maximum atomic E-state index is 2.30. The number of aryl methyl sites for hydroxylation is 1. The molecule has 3 aromatic rings. The SMILES string of the molecule is CCc1ccc2sc(-c3ccccc3)cc2c1. The van der Waals surface area contributed by atoms with Crippen LogP contribution in [0.5, 0.6) is 0 Å². The van der Waals surface area contributed by atoms with Crippen molar-refractivity contribution in [3.05, 3.63) is 60.2 Å². The molecule has 2 aromatic carbocycles. The molecule has 0 spiro atoms. The minimum Gasteiger partial charge on any atom is -0.135 e. The van der Waals surface area contributed by atoms with Gasteiger partial charge in [-0.1, -0.05) is 49.4 Å². The zero-order chi connectivity index (χ0) is 11.7. The van der Waals surface area contributed by atoms with E-state index in [0.29, 0.717) is 0 Å². The first kappa shape index (κ1) is 10.5. The molecule has 0 unspecified atom stereocenters. The zero-order valence-electron chi connectivity index (χ0n) is 9.81. The minimum absolute atomic E-state index is 1.10. The highest BCUT2D eigenvalue weighted by atomic mass is 32.1. The maximum absolute atomic E-state index is 2.30. The highest BCUT2D eigenvalue weighted by Gasteiger charge is 2.04. The molecule has 0 saturated heterocycles. The molecule has 0 fully saturated rings. The molecule has 0 atom stereocenters. The Balaban J connectivity index is 2.14. The van der Waals surface area contributed by atoms with Gasteiger partial charge < -0.3 is 0 Å². The van der Waals surface area contributed by atoms with Crippen LogP contribution in [0.1, 0.15) is 12.5 Å². The van der Waals surface area contributed by atoms with E-state index in [9.17, 15) is 0 Å². The van der Waals surface area contributed by atoms with Crippen LogP contribution in [0.3, 0.4) is 0 Å². The van der Waals surface area contributed by atoms with Gasteiger partial charge in [-0.3, -0.25) is 0 Å². The van der Waals surface area contributed by atoms with Gasteiger partial charge in [-0.25, -0.2) is 0 Å². The molecule has 0 amide bonds. The van der Waals surface area contributed by atoms with E-state index >= 15 is 0 Å². The Labute approximate surface area is 106 Å². The van der Waals surface area contributed by atoms with Gasteiger partial charge in [0.05, 0.1) is 0 Å². The fourth-order valence-corrected chi connectivity index (χ4v) is 3.11. The van der Waals surface area contributed by atoms with Crippen molar-refractivity contribution >= 4 is 21.4 Å². The molecular weight excluding hydrogens is 224 g/mol. The Morgan fingerprint density at radius 1 is 0.941 bits per heavy atom. The van der Waals surface area contributed by atoms with Gasteiger partial charge in [0.25, 0.3) is 0 Å². The van der Waals surface area contributed by atoms with Gasteiger partial charge in [-0.2, -0.15) is 0 Å².